The van der Waals surface area contributed by atoms with E-state index in [0.29, 0.717) is 11.3 Å². The van der Waals surface area contributed by atoms with E-state index in [0.717, 1.165) is 6.26 Å². The van der Waals surface area contributed by atoms with Crippen LogP contribution in [0.1, 0.15) is 0 Å². The molecule has 7 heteroatoms. The lowest BCUT2D eigenvalue weighted by Crippen LogP contribution is -2.01. The van der Waals surface area contributed by atoms with E-state index in [-0.39, 0.29) is 10.0 Å². The van der Waals surface area contributed by atoms with E-state index in [4.69, 9.17) is 16.1 Å². The summed E-state index contributed by atoms with van der Waals surface area (Å²) in [7, 11) is -3.41. The molecule has 0 spiro atoms. The molecule has 0 fully saturated rings. The molecule has 84 valence electrons. The van der Waals surface area contributed by atoms with E-state index >= 15 is 0 Å². The standard InChI is InChI=1S/C9H7ClN2O3S/c1-16(13,14)9-7(10)4-6(5-11-9)8-2-3-12-15-8/h2-5H,1H3. The normalized spacial score (nSPS) is 11.6. The number of nitrogens with zero attached hydrogens (tertiary/aromatic N) is 2. The number of rotatable bonds is 2. The molecule has 2 aromatic rings. The van der Waals surface area contributed by atoms with Gasteiger partial charge in [-0.25, -0.2) is 13.4 Å². The van der Waals surface area contributed by atoms with Crippen LogP contribution in [-0.4, -0.2) is 24.8 Å². The molecule has 0 unspecified atom stereocenters. The number of aromatic nitrogens is 2. The second kappa shape index (κ2) is 3.88. The maximum absolute atomic E-state index is 11.3. The molecule has 2 heterocycles. The number of halogens is 1. The van der Waals surface area contributed by atoms with Crippen LogP contribution in [-0.2, 0) is 9.84 Å². The minimum absolute atomic E-state index is 0.0661. The number of pyridine rings is 1. The average Bonchev–Trinajstić information content (AvgIpc) is 2.68. The van der Waals surface area contributed by atoms with Gasteiger partial charge in [-0.1, -0.05) is 16.8 Å². The monoisotopic (exact) mass is 258 g/mol. The Bertz CT molecular complexity index is 608. The van der Waals surface area contributed by atoms with Crippen molar-refractivity contribution in [3.63, 3.8) is 0 Å². The van der Waals surface area contributed by atoms with E-state index < -0.39 is 9.84 Å². The van der Waals surface area contributed by atoms with Crippen LogP contribution in [0.2, 0.25) is 5.02 Å². The van der Waals surface area contributed by atoms with Gasteiger partial charge in [0, 0.05) is 24.1 Å². The minimum atomic E-state index is -3.41. The summed E-state index contributed by atoms with van der Waals surface area (Å²) in [5, 5.41) is 3.46. The van der Waals surface area contributed by atoms with Crippen molar-refractivity contribution in [2.45, 2.75) is 5.03 Å². The van der Waals surface area contributed by atoms with Crippen molar-refractivity contribution in [1.29, 1.82) is 0 Å². The highest BCUT2D eigenvalue weighted by atomic mass is 35.5. The molecule has 0 atom stereocenters. The zero-order chi connectivity index (χ0) is 11.8. The van der Waals surface area contributed by atoms with E-state index in [2.05, 4.69) is 10.1 Å². The van der Waals surface area contributed by atoms with Crippen molar-refractivity contribution < 1.29 is 12.9 Å². The molecule has 0 radical (unpaired) electrons. The van der Waals surface area contributed by atoms with Crippen molar-refractivity contribution >= 4 is 21.4 Å². The molecule has 16 heavy (non-hydrogen) atoms. The van der Waals surface area contributed by atoms with Crippen molar-refractivity contribution in [1.82, 2.24) is 10.1 Å². The Morgan fingerprint density at radius 2 is 2.19 bits per heavy atom. The Morgan fingerprint density at radius 3 is 2.69 bits per heavy atom. The van der Waals surface area contributed by atoms with Crippen LogP contribution < -0.4 is 0 Å². The summed E-state index contributed by atoms with van der Waals surface area (Å²) in [6.07, 6.45) is 3.91. The first kappa shape index (κ1) is 11.1. The van der Waals surface area contributed by atoms with Gasteiger partial charge in [-0.15, -0.1) is 0 Å². The quantitative estimate of drug-likeness (QED) is 0.821. The van der Waals surface area contributed by atoms with Crippen molar-refractivity contribution in [2.75, 3.05) is 6.26 Å². The van der Waals surface area contributed by atoms with E-state index in [1.807, 2.05) is 0 Å². The van der Waals surface area contributed by atoms with Crippen LogP contribution in [0.3, 0.4) is 0 Å². The fourth-order valence-electron chi connectivity index (χ4n) is 1.20. The van der Waals surface area contributed by atoms with Gasteiger partial charge in [0.1, 0.15) is 0 Å². The van der Waals surface area contributed by atoms with Crippen LogP contribution >= 0.6 is 11.6 Å². The van der Waals surface area contributed by atoms with Gasteiger partial charge in [-0.2, -0.15) is 0 Å². The second-order valence-electron chi connectivity index (χ2n) is 3.16. The lowest BCUT2D eigenvalue weighted by molar-refractivity contribution is 0.432. The molecule has 0 saturated carbocycles. The van der Waals surface area contributed by atoms with Crippen LogP contribution in [0.5, 0.6) is 0 Å². The van der Waals surface area contributed by atoms with Gasteiger partial charge >= 0.3 is 0 Å². The molecule has 0 aromatic carbocycles. The predicted octanol–water partition coefficient (Wildman–Crippen LogP) is 1.79. The zero-order valence-electron chi connectivity index (χ0n) is 8.21. The van der Waals surface area contributed by atoms with Gasteiger partial charge in [-0.05, 0) is 6.07 Å². The highest BCUT2D eigenvalue weighted by Gasteiger charge is 2.15. The first-order valence-corrected chi connectivity index (χ1v) is 6.52. The van der Waals surface area contributed by atoms with E-state index in [1.165, 1.54) is 18.5 Å². The van der Waals surface area contributed by atoms with Gasteiger partial charge in [-0.3, -0.25) is 0 Å². The Balaban J connectivity index is 2.53. The summed E-state index contributed by atoms with van der Waals surface area (Å²) < 4.78 is 27.4. The lowest BCUT2D eigenvalue weighted by Gasteiger charge is -2.01. The summed E-state index contributed by atoms with van der Waals surface area (Å²) in [5.41, 5.74) is 0.579. The summed E-state index contributed by atoms with van der Waals surface area (Å²) in [6.45, 7) is 0. The fraction of sp³-hybridized carbons (Fsp3) is 0.111. The first-order valence-electron chi connectivity index (χ1n) is 4.25. The largest absolute Gasteiger partial charge is 0.356 e. The molecule has 2 rings (SSSR count). The third-order valence-electron chi connectivity index (χ3n) is 1.88. The van der Waals surface area contributed by atoms with E-state index in [1.54, 1.807) is 6.07 Å². The molecular weight excluding hydrogens is 252 g/mol. The molecule has 0 aliphatic rings. The summed E-state index contributed by atoms with van der Waals surface area (Å²) in [4.78, 5) is 3.80. The molecule has 0 bridgehead atoms. The number of hydrogen-bond acceptors (Lipinski definition) is 5. The predicted molar refractivity (Wildman–Crippen MR) is 57.9 cm³/mol. The highest BCUT2D eigenvalue weighted by Crippen LogP contribution is 2.25. The maximum Gasteiger partial charge on any atom is 0.194 e. The molecule has 2 aromatic heterocycles. The van der Waals surface area contributed by atoms with Crippen LogP contribution in [0.4, 0.5) is 0 Å². The van der Waals surface area contributed by atoms with Crippen LogP contribution in [0.25, 0.3) is 11.3 Å². The molecule has 0 N–H and O–H groups in total. The lowest BCUT2D eigenvalue weighted by atomic mass is 10.2. The van der Waals surface area contributed by atoms with Crippen molar-refractivity contribution in [3.8, 4) is 11.3 Å². The first-order chi connectivity index (χ1) is 7.48. The van der Waals surface area contributed by atoms with Crippen molar-refractivity contribution in [3.05, 3.63) is 29.5 Å². The average molecular weight is 259 g/mol. The van der Waals surface area contributed by atoms with Crippen LogP contribution in [0.15, 0.2) is 34.1 Å². The smallest absolute Gasteiger partial charge is 0.194 e. The van der Waals surface area contributed by atoms with Gasteiger partial charge in [0.2, 0.25) is 0 Å². The van der Waals surface area contributed by atoms with Gasteiger partial charge < -0.3 is 4.52 Å². The Hall–Kier alpha value is -1.40. The third-order valence-corrected chi connectivity index (χ3v) is 3.31. The summed E-state index contributed by atoms with van der Waals surface area (Å²) in [5.74, 6) is 0.481. The SMILES string of the molecule is CS(=O)(=O)c1ncc(-c2ccno2)cc1Cl. The molecule has 0 amide bonds. The van der Waals surface area contributed by atoms with Crippen LogP contribution in [0, 0.1) is 0 Å². The van der Waals surface area contributed by atoms with E-state index in [9.17, 15) is 8.42 Å². The molecular formula is C9H7ClN2O3S. The molecule has 0 aliphatic heterocycles. The maximum atomic E-state index is 11.3. The number of hydrogen-bond donors (Lipinski definition) is 0. The topological polar surface area (TPSA) is 73.1 Å². The Labute approximate surface area is 97.0 Å². The third kappa shape index (κ3) is 2.07. The summed E-state index contributed by atoms with van der Waals surface area (Å²) >= 11 is 5.83. The van der Waals surface area contributed by atoms with Gasteiger partial charge in [0.05, 0.1) is 11.2 Å². The van der Waals surface area contributed by atoms with Crippen molar-refractivity contribution in [2.24, 2.45) is 0 Å². The van der Waals surface area contributed by atoms with Gasteiger partial charge in [0.15, 0.2) is 20.6 Å². The Morgan fingerprint density at radius 1 is 1.44 bits per heavy atom. The van der Waals surface area contributed by atoms with Gasteiger partial charge in [0.25, 0.3) is 0 Å². The summed E-state index contributed by atoms with van der Waals surface area (Å²) in [6, 6.07) is 3.11. The Kier molecular flexibility index (Phi) is 2.69. The molecule has 0 aliphatic carbocycles. The molecule has 0 saturated heterocycles. The highest BCUT2D eigenvalue weighted by molar-refractivity contribution is 7.90. The fourth-order valence-corrected chi connectivity index (χ4v) is 2.44. The minimum Gasteiger partial charge on any atom is -0.356 e. The number of sulfone groups is 1. The molecule has 5 nitrogen and oxygen atoms in total. The second-order valence-corrected chi connectivity index (χ2v) is 5.50. The zero-order valence-corrected chi connectivity index (χ0v) is 9.79.